The molecule has 2 aromatic carbocycles. The number of rotatable bonds is 4. The Labute approximate surface area is 149 Å². The minimum Gasteiger partial charge on any atom is -1.00 e. The third-order valence-electron chi connectivity index (χ3n) is 4.02. The number of hydrogen-bond acceptors (Lipinski definition) is 0. The van der Waals surface area contributed by atoms with Crippen LogP contribution in [0.1, 0.15) is 25.0 Å². The maximum atomic E-state index is 2.57. The maximum Gasteiger partial charge on any atom is -1.00 e. The molecule has 0 N–H and O–H groups in total. The molecule has 0 saturated heterocycles. The molecule has 0 radical (unpaired) electrons. The van der Waals surface area contributed by atoms with E-state index in [1.165, 1.54) is 16.3 Å². The van der Waals surface area contributed by atoms with Crippen molar-refractivity contribution in [3.8, 4) is 0 Å². The Balaban J connectivity index is 0.00000220. The molecule has 2 rings (SSSR count). The summed E-state index contributed by atoms with van der Waals surface area (Å²) in [5, 5.41) is 1.34. The summed E-state index contributed by atoms with van der Waals surface area (Å²) >= 11 is -2.07. The molecular weight excluding hydrogens is 430 g/mol. The molecule has 2 heteroatoms. The fourth-order valence-electron chi connectivity index (χ4n) is 3.29. The fourth-order valence-corrected chi connectivity index (χ4v) is 13.0. The summed E-state index contributed by atoms with van der Waals surface area (Å²) in [4.78, 5) is 0. The minimum atomic E-state index is -2.07. The van der Waals surface area contributed by atoms with E-state index in [1.54, 1.807) is 8.70 Å². The zero-order valence-electron chi connectivity index (χ0n) is 13.7. The molecule has 0 aliphatic carbocycles. The van der Waals surface area contributed by atoms with Gasteiger partial charge in [0.25, 0.3) is 0 Å². The first-order valence-electron chi connectivity index (χ1n) is 7.43. The van der Waals surface area contributed by atoms with Gasteiger partial charge >= 0.3 is 126 Å². The molecule has 0 fully saturated rings. The molecule has 0 aromatic heterocycles. The van der Waals surface area contributed by atoms with Gasteiger partial charge in [0.15, 0.2) is 0 Å². The van der Waals surface area contributed by atoms with E-state index in [4.69, 9.17) is 0 Å². The molecular formula is C19H26AsI. The monoisotopic (exact) mass is 456 g/mol. The molecule has 0 bridgehead atoms. The van der Waals surface area contributed by atoms with Gasteiger partial charge in [0.2, 0.25) is 0 Å². The van der Waals surface area contributed by atoms with Crippen LogP contribution in [0, 0.1) is 19.8 Å². The maximum absolute atomic E-state index is 2.57. The average molecular weight is 456 g/mol. The topological polar surface area (TPSA) is 0 Å². The van der Waals surface area contributed by atoms with Crippen LogP contribution in [0.5, 0.6) is 0 Å². The second kappa shape index (κ2) is 7.83. The van der Waals surface area contributed by atoms with E-state index in [9.17, 15) is 0 Å². The predicted molar refractivity (Wildman–Crippen MR) is 92.9 cm³/mol. The SMILES string of the molecule is Cc1ccccc1[As+](C)(CC(C)C)c1ccccc1C.[I-]. The summed E-state index contributed by atoms with van der Waals surface area (Å²) < 4.78 is 3.27. The third kappa shape index (κ3) is 4.13. The van der Waals surface area contributed by atoms with E-state index in [-0.39, 0.29) is 24.0 Å². The summed E-state index contributed by atoms with van der Waals surface area (Å²) in [6.07, 6.45) is 0. The molecule has 0 unspecified atom stereocenters. The fraction of sp³-hybridized carbons (Fsp3) is 0.368. The normalized spacial score (nSPS) is 11.3. The standard InChI is InChI=1S/C19H26As.HI/c1-15(2)14-20(5,18-12-8-6-10-16(18)3)19-13-9-7-11-17(19)4;/h6-13,15H,14H2,1-5H3;1H/q+1;/p-1. The Morgan fingerprint density at radius 1 is 0.810 bits per heavy atom. The van der Waals surface area contributed by atoms with Crippen molar-refractivity contribution in [1.82, 2.24) is 0 Å². The Kier molecular flexibility index (Phi) is 7.00. The zero-order valence-corrected chi connectivity index (χ0v) is 17.8. The van der Waals surface area contributed by atoms with Crippen LogP contribution in [0.15, 0.2) is 48.5 Å². The van der Waals surface area contributed by atoms with Gasteiger partial charge in [-0.3, -0.25) is 0 Å². The van der Waals surface area contributed by atoms with Crippen LogP contribution in [0.25, 0.3) is 0 Å². The van der Waals surface area contributed by atoms with Gasteiger partial charge < -0.3 is 24.0 Å². The Hall–Kier alpha value is -0.272. The van der Waals surface area contributed by atoms with Gasteiger partial charge in [-0.15, -0.1) is 0 Å². The van der Waals surface area contributed by atoms with Gasteiger partial charge in [-0.1, -0.05) is 0 Å². The predicted octanol–water partition coefficient (Wildman–Crippen LogP) is 1.16. The summed E-state index contributed by atoms with van der Waals surface area (Å²) in [5.74, 6) is 0.742. The van der Waals surface area contributed by atoms with E-state index < -0.39 is 13.6 Å². The van der Waals surface area contributed by atoms with E-state index in [0.717, 1.165) is 5.92 Å². The smallest absolute Gasteiger partial charge is 1.00 e. The first-order chi connectivity index (χ1) is 9.45. The molecule has 0 saturated carbocycles. The van der Waals surface area contributed by atoms with Crippen LogP contribution < -0.4 is 32.7 Å². The van der Waals surface area contributed by atoms with Crippen LogP contribution in [0.4, 0.5) is 0 Å². The summed E-state index contributed by atoms with van der Waals surface area (Å²) in [6, 6.07) is 18.0. The average Bonchev–Trinajstić information content (AvgIpc) is 2.38. The van der Waals surface area contributed by atoms with Crippen molar-refractivity contribution in [3.05, 3.63) is 59.7 Å². The molecule has 0 heterocycles. The van der Waals surface area contributed by atoms with E-state index in [0.29, 0.717) is 0 Å². The molecule has 0 nitrogen and oxygen atoms in total. The molecule has 2 aromatic rings. The molecule has 0 amide bonds. The summed E-state index contributed by atoms with van der Waals surface area (Å²) in [5.41, 5.74) is 5.50. The van der Waals surface area contributed by atoms with E-state index >= 15 is 0 Å². The molecule has 0 aliphatic heterocycles. The van der Waals surface area contributed by atoms with Crippen molar-refractivity contribution in [3.63, 3.8) is 0 Å². The number of benzene rings is 2. The van der Waals surface area contributed by atoms with Gasteiger partial charge in [0.1, 0.15) is 0 Å². The third-order valence-corrected chi connectivity index (χ3v) is 13.7. The zero-order chi connectivity index (χ0) is 14.8. The number of aryl methyl sites for hydroxylation is 2. The molecule has 114 valence electrons. The van der Waals surface area contributed by atoms with Gasteiger partial charge in [-0.2, -0.15) is 0 Å². The second-order valence-corrected chi connectivity index (χ2v) is 14.1. The van der Waals surface area contributed by atoms with Crippen LogP contribution in [-0.4, -0.2) is 13.6 Å². The molecule has 0 atom stereocenters. The Morgan fingerprint density at radius 2 is 1.19 bits per heavy atom. The van der Waals surface area contributed by atoms with Crippen molar-refractivity contribution in [1.29, 1.82) is 0 Å². The largest absolute Gasteiger partial charge is 1.00 e. The van der Waals surface area contributed by atoms with Crippen LogP contribution in [0.2, 0.25) is 10.9 Å². The summed E-state index contributed by atoms with van der Waals surface area (Å²) in [7, 11) is 0. The van der Waals surface area contributed by atoms with Crippen molar-refractivity contribution < 1.29 is 24.0 Å². The van der Waals surface area contributed by atoms with Crippen molar-refractivity contribution in [2.24, 2.45) is 5.92 Å². The van der Waals surface area contributed by atoms with Crippen molar-refractivity contribution in [2.75, 3.05) is 0 Å². The first kappa shape index (κ1) is 18.8. The van der Waals surface area contributed by atoms with E-state index in [1.807, 2.05) is 0 Å². The van der Waals surface area contributed by atoms with Gasteiger partial charge in [-0.05, 0) is 0 Å². The van der Waals surface area contributed by atoms with Crippen LogP contribution in [0.3, 0.4) is 0 Å². The summed E-state index contributed by atoms with van der Waals surface area (Å²) in [6.45, 7) is 9.26. The second-order valence-electron chi connectivity index (χ2n) is 6.34. The number of halogens is 1. The quantitative estimate of drug-likeness (QED) is 0.479. The number of hydrogen-bond donors (Lipinski definition) is 0. The molecule has 21 heavy (non-hydrogen) atoms. The Morgan fingerprint density at radius 3 is 1.52 bits per heavy atom. The van der Waals surface area contributed by atoms with Crippen molar-refractivity contribution in [2.45, 2.75) is 38.6 Å². The Bertz CT molecular complexity index is 544. The van der Waals surface area contributed by atoms with Crippen molar-refractivity contribution >= 4 is 22.3 Å². The van der Waals surface area contributed by atoms with E-state index in [2.05, 4.69) is 81.9 Å². The molecule has 0 spiro atoms. The van der Waals surface area contributed by atoms with Gasteiger partial charge in [0.05, 0.1) is 0 Å². The van der Waals surface area contributed by atoms with Gasteiger partial charge in [0, 0.05) is 0 Å². The van der Waals surface area contributed by atoms with Crippen LogP contribution in [-0.2, 0) is 0 Å². The first-order valence-corrected chi connectivity index (χ1v) is 12.5. The van der Waals surface area contributed by atoms with Crippen LogP contribution >= 0.6 is 0 Å². The minimum absolute atomic E-state index is 0. The molecule has 0 aliphatic rings. The van der Waals surface area contributed by atoms with Gasteiger partial charge in [-0.25, -0.2) is 0 Å².